The lowest BCUT2D eigenvalue weighted by Crippen LogP contribution is -2.53. The van der Waals surface area contributed by atoms with Crippen molar-refractivity contribution in [3.63, 3.8) is 0 Å². The molecule has 1 aromatic heterocycles. The van der Waals surface area contributed by atoms with Gasteiger partial charge in [0, 0.05) is 32.4 Å². The second-order valence-electron chi connectivity index (χ2n) is 5.11. The Morgan fingerprint density at radius 3 is 2.65 bits per heavy atom. The molecule has 1 saturated heterocycles. The van der Waals surface area contributed by atoms with E-state index in [0.29, 0.717) is 4.99 Å². The van der Waals surface area contributed by atoms with Gasteiger partial charge in [-0.25, -0.2) is 4.98 Å². The van der Waals surface area contributed by atoms with Gasteiger partial charge in [-0.15, -0.1) is 0 Å². The van der Waals surface area contributed by atoms with E-state index in [1.807, 2.05) is 12.3 Å². The van der Waals surface area contributed by atoms with Gasteiger partial charge in [0.15, 0.2) is 0 Å². The summed E-state index contributed by atoms with van der Waals surface area (Å²) < 4.78 is 1.09. The standard InChI is InChI=1S/C14H21BrN4S/c1-3-11(13(16)20)18-6-8-19(9-7-18)14-12(15)10(2)4-5-17-14/h4-5,11H,3,6-9H2,1-2H3,(H2,16,20). The Hall–Kier alpha value is -0.720. The molecule has 20 heavy (non-hydrogen) atoms. The molecule has 2 heterocycles. The van der Waals surface area contributed by atoms with Crippen LogP contribution in [0.1, 0.15) is 18.9 Å². The molecule has 2 N–H and O–H groups in total. The molecule has 6 heteroatoms. The SMILES string of the molecule is CCC(C(N)=S)N1CCN(c2nccc(C)c2Br)CC1. The van der Waals surface area contributed by atoms with Gasteiger partial charge >= 0.3 is 0 Å². The molecule has 1 aliphatic rings. The largest absolute Gasteiger partial charge is 0.392 e. The average Bonchev–Trinajstić information content (AvgIpc) is 2.43. The highest BCUT2D eigenvalue weighted by atomic mass is 79.9. The highest BCUT2D eigenvalue weighted by Crippen LogP contribution is 2.27. The number of nitrogens with zero attached hydrogens (tertiary/aromatic N) is 3. The summed E-state index contributed by atoms with van der Waals surface area (Å²) in [5, 5.41) is 0. The summed E-state index contributed by atoms with van der Waals surface area (Å²) in [7, 11) is 0. The van der Waals surface area contributed by atoms with Crippen LogP contribution in [-0.4, -0.2) is 47.1 Å². The monoisotopic (exact) mass is 356 g/mol. The van der Waals surface area contributed by atoms with Crippen molar-refractivity contribution in [3.05, 3.63) is 22.3 Å². The van der Waals surface area contributed by atoms with Crippen molar-refractivity contribution in [3.8, 4) is 0 Å². The summed E-state index contributed by atoms with van der Waals surface area (Å²) >= 11 is 8.80. The first-order valence-electron chi connectivity index (χ1n) is 6.94. The van der Waals surface area contributed by atoms with Gasteiger partial charge in [0.1, 0.15) is 5.82 Å². The first-order chi connectivity index (χ1) is 9.54. The summed E-state index contributed by atoms with van der Waals surface area (Å²) in [5.74, 6) is 1.04. The van der Waals surface area contributed by atoms with Crippen molar-refractivity contribution in [2.75, 3.05) is 31.1 Å². The molecule has 1 atom stereocenters. The van der Waals surface area contributed by atoms with E-state index in [1.54, 1.807) is 0 Å². The average molecular weight is 357 g/mol. The number of thiocarbonyl (C=S) groups is 1. The summed E-state index contributed by atoms with van der Waals surface area (Å²) in [6.45, 7) is 8.07. The Morgan fingerprint density at radius 1 is 1.45 bits per heavy atom. The van der Waals surface area contributed by atoms with Gasteiger partial charge in [-0.2, -0.15) is 0 Å². The van der Waals surface area contributed by atoms with Crippen LogP contribution in [0.5, 0.6) is 0 Å². The Morgan fingerprint density at radius 2 is 2.10 bits per heavy atom. The maximum atomic E-state index is 5.82. The van der Waals surface area contributed by atoms with E-state index in [4.69, 9.17) is 18.0 Å². The van der Waals surface area contributed by atoms with E-state index in [0.717, 1.165) is 42.9 Å². The van der Waals surface area contributed by atoms with Crippen molar-refractivity contribution in [2.24, 2.45) is 5.73 Å². The Balaban J connectivity index is 2.04. The minimum Gasteiger partial charge on any atom is -0.392 e. The first kappa shape index (κ1) is 15.7. The molecule has 0 spiro atoms. The third-order valence-electron chi connectivity index (χ3n) is 3.83. The highest BCUT2D eigenvalue weighted by molar-refractivity contribution is 9.10. The summed E-state index contributed by atoms with van der Waals surface area (Å²) in [5.41, 5.74) is 7.04. The van der Waals surface area contributed by atoms with E-state index in [1.165, 1.54) is 5.56 Å². The number of aromatic nitrogens is 1. The number of hydrogen-bond acceptors (Lipinski definition) is 4. The summed E-state index contributed by atoms with van der Waals surface area (Å²) in [6.07, 6.45) is 2.84. The second-order valence-corrected chi connectivity index (χ2v) is 6.38. The zero-order chi connectivity index (χ0) is 14.7. The normalized spacial score (nSPS) is 18.1. The zero-order valence-electron chi connectivity index (χ0n) is 12.0. The van der Waals surface area contributed by atoms with Crippen LogP contribution in [0, 0.1) is 6.92 Å². The minimum atomic E-state index is 0.223. The molecule has 0 bridgehead atoms. The quantitative estimate of drug-likeness (QED) is 0.838. The molecule has 1 unspecified atom stereocenters. The molecule has 1 aromatic rings. The molecule has 4 nitrogen and oxygen atoms in total. The summed E-state index contributed by atoms with van der Waals surface area (Å²) in [6, 6.07) is 2.24. The molecule has 0 amide bonds. The molecule has 2 rings (SSSR count). The van der Waals surface area contributed by atoms with Gasteiger partial charge < -0.3 is 10.6 Å². The van der Waals surface area contributed by atoms with Crippen LogP contribution in [0.3, 0.4) is 0 Å². The van der Waals surface area contributed by atoms with Crippen LogP contribution < -0.4 is 10.6 Å². The molecule has 0 saturated carbocycles. The van der Waals surface area contributed by atoms with Crippen LogP contribution in [-0.2, 0) is 0 Å². The second kappa shape index (κ2) is 6.83. The van der Waals surface area contributed by atoms with Crippen molar-refractivity contribution in [1.82, 2.24) is 9.88 Å². The van der Waals surface area contributed by atoms with E-state index >= 15 is 0 Å². The third kappa shape index (κ3) is 3.30. The van der Waals surface area contributed by atoms with Crippen LogP contribution >= 0.6 is 28.1 Å². The molecule has 1 fully saturated rings. The minimum absolute atomic E-state index is 0.223. The van der Waals surface area contributed by atoms with Crippen LogP contribution in [0.15, 0.2) is 16.7 Å². The lowest BCUT2D eigenvalue weighted by atomic mass is 10.1. The predicted octanol–water partition coefficient (Wildman–Crippen LogP) is 2.34. The van der Waals surface area contributed by atoms with E-state index < -0.39 is 0 Å². The molecule has 0 radical (unpaired) electrons. The fourth-order valence-electron chi connectivity index (χ4n) is 2.63. The zero-order valence-corrected chi connectivity index (χ0v) is 14.4. The molecule has 0 aromatic carbocycles. The van der Waals surface area contributed by atoms with Crippen LogP contribution in [0.4, 0.5) is 5.82 Å². The third-order valence-corrected chi connectivity index (χ3v) is 5.09. The number of anilines is 1. The Kier molecular flexibility index (Phi) is 5.35. The molecule has 1 aliphatic heterocycles. The van der Waals surface area contributed by atoms with Crippen molar-refractivity contribution >= 4 is 39.0 Å². The summed E-state index contributed by atoms with van der Waals surface area (Å²) in [4.78, 5) is 9.80. The Labute approximate surface area is 134 Å². The maximum absolute atomic E-state index is 5.82. The van der Waals surface area contributed by atoms with E-state index in [2.05, 4.69) is 44.6 Å². The van der Waals surface area contributed by atoms with E-state index in [-0.39, 0.29) is 6.04 Å². The predicted molar refractivity (Wildman–Crippen MR) is 91.3 cm³/mol. The number of hydrogen-bond donors (Lipinski definition) is 1. The van der Waals surface area contributed by atoms with Crippen LogP contribution in [0.2, 0.25) is 0 Å². The van der Waals surface area contributed by atoms with Gasteiger partial charge in [0.05, 0.1) is 15.5 Å². The van der Waals surface area contributed by atoms with Crippen molar-refractivity contribution in [1.29, 1.82) is 0 Å². The van der Waals surface area contributed by atoms with Crippen molar-refractivity contribution in [2.45, 2.75) is 26.3 Å². The number of nitrogens with two attached hydrogens (primary N) is 1. The molecule has 0 aliphatic carbocycles. The molecular weight excluding hydrogens is 336 g/mol. The lowest BCUT2D eigenvalue weighted by molar-refractivity contribution is 0.224. The number of aryl methyl sites for hydroxylation is 1. The topological polar surface area (TPSA) is 45.4 Å². The smallest absolute Gasteiger partial charge is 0.143 e. The fourth-order valence-corrected chi connectivity index (χ4v) is 3.43. The number of rotatable bonds is 4. The van der Waals surface area contributed by atoms with Crippen LogP contribution in [0.25, 0.3) is 0 Å². The van der Waals surface area contributed by atoms with Crippen molar-refractivity contribution < 1.29 is 0 Å². The number of halogens is 1. The van der Waals surface area contributed by atoms with Gasteiger partial charge in [0.2, 0.25) is 0 Å². The Bertz CT molecular complexity index is 486. The fraction of sp³-hybridized carbons (Fsp3) is 0.571. The lowest BCUT2D eigenvalue weighted by Gasteiger charge is -2.39. The van der Waals surface area contributed by atoms with Gasteiger partial charge in [-0.3, -0.25) is 4.90 Å². The van der Waals surface area contributed by atoms with Gasteiger partial charge in [-0.1, -0.05) is 19.1 Å². The molecule has 110 valence electrons. The number of pyridine rings is 1. The number of piperazine rings is 1. The van der Waals surface area contributed by atoms with E-state index in [9.17, 15) is 0 Å². The van der Waals surface area contributed by atoms with Gasteiger partial charge in [0.25, 0.3) is 0 Å². The van der Waals surface area contributed by atoms with Gasteiger partial charge in [-0.05, 0) is 40.9 Å². The molecular formula is C14H21BrN4S. The highest BCUT2D eigenvalue weighted by Gasteiger charge is 2.25. The maximum Gasteiger partial charge on any atom is 0.143 e. The first-order valence-corrected chi connectivity index (χ1v) is 8.14.